The smallest absolute Gasteiger partial charge is 0.136 e. The van der Waals surface area contributed by atoms with Gasteiger partial charge in [-0.15, -0.1) is 0 Å². The van der Waals surface area contributed by atoms with Gasteiger partial charge in [-0.3, -0.25) is 4.79 Å². The Kier molecular flexibility index (Phi) is 7.15. The molecule has 33 heavy (non-hydrogen) atoms. The molecule has 4 heteroatoms. The van der Waals surface area contributed by atoms with Crippen LogP contribution >= 0.6 is 0 Å². The molecule has 4 rings (SSSR count). The zero-order valence-corrected chi connectivity index (χ0v) is 22.0. The van der Waals surface area contributed by atoms with Crippen LogP contribution in [0.2, 0.25) is 0 Å². The van der Waals surface area contributed by atoms with Crippen LogP contribution < -0.4 is 0 Å². The lowest BCUT2D eigenvalue weighted by Gasteiger charge is -2.60. The standard InChI is InChI=1S/C29H50O4/c1-7-19(16(2)3)27(33)26(32)17(4)21-8-9-22-20-15-25(31)24-14-18(30)10-12-29(24,6)23(20)11-13-28(21,22)5/h16-24,26-27,30,32-33H,7-15H2,1-6H3/t17-,18+,19-,20-,21+,22-,23-,24+,26+,27+,28+,29+/m0/s1. The van der Waals surface area contributed by atoms with Crippen molar-refractivity contribution in [2.24, 2.45) is 58.2 Å². The third-order valence-corrected chi connectivity index (χ3v) is 11.8. The van der Waals surface area contributed by atoms with E-state index in [2.05, 4.69) is 41.5 Å². The van der Waals surface area contributed by atoms with Crippen molar-refractivity contribution in [3.05, 3.63) is 0 Å². The first kappa shape index (κ1) is 25.6. The fraction of sp³-hybridized carbons (Fsp3) is 0.966. The largest absolute Gasteiger partial charge is 0.393 e. The van der Waals surface area contributed by atoms with E-state index in [4.69, 9.17) is 0 Å². The monoisotopic (exact) mass is 462 g/mol. The molecule has 0 heterocycles. The quantitative estimate of drug-likeness (QED) is 0.505. The highest BCUT2D eigenvalue weighted by Crippen LogP contribution is 2.67. The maximum Gasteiger partial charge on any atom is 0.136 e. The summed E-state index contributed by atoms with van der Waals surface area (Å²) in [6.07, 6.45) is 6.96. The van der Waals surface area contributed by atoms with E-state index < -0.39 is 12.2 Å². The summed E-state index contributed by atoms with van der Waals surface area (Å²) in [5, 5.41) is 32.6. The fourth-order valence-electron chi connectivity index (χ4n) is 9.83. The molecular formula is C29H50O4. The van der Waals surface area contributed by atoms with Crippen molar-refractivity contribution in [2.45, 2.75) is 118 Å². The molecule has 190 valence electrons. The van der Waals surface area contributed by atoms with Gasteiger partial charge >= 0.3 is 0 Å². The molecule has 0 spiro atoms. The first-order valence-corrected chi connectivity index (χ1v) is 14.0. The maximum atomic E-state index is 13.3. The number of Topliss-reactive ketones (excluding diaryl/α,β-unsaturated/α-hetero) is 1. The van der Waals surface area contributed by atoms with Crippen LogP contribution in [0.25, 0.3) is 0 Å². The van der Waals surface area contributed by atoms with Crippen LogP contribution in [0.4, 0.5) is 0 Å². The highest BCUT2D eigenvalue weighted by Gasteiger charge is 2.63. The number of ketones is 1. The molecule has 0 bridgehead atoms. The van der Waals surface area contributed by atoms with E-state index in [0.29, 0.717) is 48.2 Å². The predicted molar refractivity (Wildman–Crippen MR) is 131 cm³/mol. The molecule has 0 saturated heterocycles. The van der Waals surface area contributed by atoms with E-state index in [1.54, 1.807) is 0 Å². The van der Waals surface area contributed by atoms with E-state index in [0.717, 1.165) is 38.5 Å². The van der Waals surface area contributed by atoms with Gasteiger partial charge in [-0.25, -0.2) is 0 Å². The fourth-order valence-corrected chi connectivity index (χ4v) is 9.83. The van der Waals surface area contributed by atoms with Crippen molar-refractivity contribution >= 4 is 5.78 Å². The van der Waals surface area contributed by atoms with Crippen LogP contribution in [0.1, 0.15) is 99.3 Å². The maximum absolute atomic E-state index is 13.3. The number of aliphatic hydroxyl groups is 3. The van der Waals surface area contributed by atoms with E-state index in [1.165, 1.54) is 6.42 Å². The Morgan fingerprint density at radius 1 is 0.939 bits per heavy atom. The Morgan fingerprint density at radius 2 is 1.58 bits per heavy atom. The van der Waals surface area contributed by atoms with Gasteiger partial charge in [0.25, 0.3) is 0 Å². The van der Waals surface area contributed by atoms with Gasteiger partial charge in [0.15, 0.2) is 0 Å². The minimum Gasteiger partial charge on any atom is -0.393 e. The Balaban J connectivity index is 1.54. The summed E-state index contributed by atoms with van der Waals surface area (Å²) in [5.41, 5.74) is 0.185. The van der Waals surface area contributed by atoms with Crippen LogP contribution in [0.15, 0.2) is 0 Å². The molecule has 0 aromatic heterocycles. The second-order valence-corrected chi connectivity index (χ2v) is 13.4. The van der Waals surface area contributed by atoms with Gasteiger partial charge in [0, 0.05) is 12.3 Å². The van der Waals surface area contributed by atoms with Gasteiger partial charge in [-0.05, 0) is 97.2 Å². The zero-order valence-electron chi connectivity index (χ0n) is 22.0. The van der Waals surface area contributed by atoms with Gasteiger partial charge in [-0.1, -0.05) is 48.0 Å². The Labute approximate surface area is 201 Å². The summed E-state index contributed by atoms with van der Waals surface area (Å²) in [5.74, 6) is 2.94. The van der Waals surface area contributed by atoms with E-state index >= 15 is 0 Å². The highest BCUT2D eigenvalue weighted by molar-refractivity contribution is 5.83. The normalized spacial score (nSPS) is 46.8. The number of hydrogen-bond acceptors (Lipinski definition) is 4. The minimum atomic E-state index is -0.689. The van der Waals surface area contributed by atoms with Crippen molar-refractivity contribution in [3.63, 3.8) is 0 Å². The number of carbonyl (C=O) groups excluding carboxylic acids is 1. The second kappa shape index (κ2) is 9.21. The van der Waals surface area contributed by atoms with Crippen molar-refractivity contribution < 1.29 is 20.1 Å². The zero-order chi connectivity index (χ0) is 24.3. The van der Waals surface area contributed by atoms with Crippen LogP contribution in [0.5, 0.6) is 0 Å². The summed E-state index contributed by atoms with van der Waals surface area (Å²) in [4.78, 5) is 13.3. The lowest BCUT2D eigenvalue weighted by Crippen LogP contribution is -2.57. The molecule has 4 aliphatic rings. The number of rotatable bonds is 6. The number of fused-ring (bicyclic) bond motifs is 5. The average molecular weight is 463 g/mol. The number of aliphatic hydroxyl groups excluding tert-OH is 3. The molecule has 0 unspecified atom stereocenters. The van der Waals surface area contributed by atoms with Crippen molar-refractivity contribution in [1.82, 2.24) is 0 Å². The minimum absolute atomic E-state index is 0.0435. The van der Waals surface area contributed by atoms with Gasteiger partial charge in [-0.2, -0.15) is 0 Å². The Bertz CT molecular complexity index is 720. The third kappa shape index (κ3) is 4.04. The van der Waals surface area contributed by atoms with Crippen LogP contribution in [0, 0.1) is 58.2 Å². The molecular weight excluding hydrogens is 412 g/mol. The van der Waals surface area contributed by atoms with Gasteiger partial charge in [0.2, 0.25) is 0 Å². The van der Waals surface area contributed by atoms with E-state index in [9.17, 15) is 20.1 Å². The highest BCUT2D eigenvalue weighted by atomic mass is 16.3. The Morgan fingerprint density at radius 3 is 2.21 bits per heavy atom. The molecule has 0 amide bonds. The topological polar surface area (TPSA) is 77.8 Å². The number of hydrogen-bond donors (Lipinski definition) is 3. The van der Waals surface area contributed by atoms with Crippen molar-refractivity contribution in [2.75, 3.05) is 0 Å². The van der Waals surface area contributed by atoms with Crippen LogP contribution in [-0.2, 0) is 4.79 Å². The summed E-state index contributed by atoms with van der Waals surface area (Å²) in [7, 11) is 0. The van der Waals surface area contributed by atoms with Crippen molar-refractivity contribution in [1.29, 1.82) is 0 Å². The molecule has 0 aliphatic heterocycles. The lowest BCUT2D eigenvalue weighted by atomic mass is 9.44. The molecule has 4 aliphatic carbocycles. The summed E-state index contributed by atoms with van der Waals surface area (Å²) in [6, 6.07) is 0. The number of carbonyl (C=O) groups is 1. The summed E-state index contributed by atoms with van der Waals surface area (Å²) in [6.45, 7) is 13.3. The molecule has 4 saturated carbocycles. The lowest BCUT2D eigenvalue weighted by molar-refractivity contribution is -0.161. The first-order valence-electron chi connectivity index (χ1n) is 14.0. The SMILES string of the molecule is CC[C@@H](C(C)C)[C@@H](O)[C@H](O)[C@@H](C)[C@H]1CC[C@H]2[C@@H]3CC(=O)[C@H]4C[C@H](O)CC[C@]4(C)[C@H]3CC[C@]12C. The molecule has 4 fully saturated rings. The summed E-state index contributed by atoms with van der Waals surface area (Å²) < 4.78 is 0. The molecule has 0 aromatic rings. The molecule has 4 nitrogen and oxygen atoms in total. The molecule has 0 aromatic carbocycles. The summed E-state index contributed by atoms with van der Waals surface area (Å²) >= 11 is 0. The molecule has 12 atom stereocenters. The second-order valence-electron chi connectivity index (χ2n) is 13.4. The molecule has 0 radical (unpaired) electrons. The average Bonchev–Trinajstić information content (AvgIpc) is 3.11. The van der Waals surface area contributed by atoms with Gasteiger partial charge in [0.05, 0.1) is 18.3 Å². The van der Waals surface area contributed by atoms with Crippen LogP contribution in [0.3, 0.4) is 0 Å². The van der Waals surface area contributed by atoms with Crippen LogP contribution in [-0.4, -0.2) is 39.4 Å². The van der Waals surface area contributed by atoms with E-state index in [-0.39, 0.29) is 34.7 Å². The Hall–Kier alpha value is -0.450. The van der Waals surface area contributed by atoms with Crippen molar-refractivity contribution in [3.8, 4) is 0 Å². The predicted octanol–water partition coefficient (Wildman–Crippen LogP) is 5.23. The van der Waals surface area contributed by atoms with E-state index in [1.807, 2.05) is 0 Å². The third-order valence-electron chi connectivity index (χ3n) is 11.8. The van der Waals surface area contributed by atoms with Gasteiger partial charge in [0.1, 0.15) is 5.78 Å². The molecule has 3 N–H and O–H groups in total. The first-order chi connectivity index (χ1) is 15.5. The van der Waals surface area contributed by atoms with Gasteiger partial charge < -0.3 is 15.3 Å².